The summed E-state index contributed by atoms with van der Waals surface area (Å²) in [7, 11) is 1.66. The number of amides is 2. The molecule has 1 saturated heterocycles. The summed E-state index contributed by atoms with van der Waals surface area (Å²) in [5, 5.41) is 0. The molecule has 0 bridgehead atoms. The maximum absolute atomic E-state index is 13.2. The lowest BCUT2D eigenvalue weighted by atomic mass is 9.77. The molecule has 1 heterocycles. The quantitative estimate of drug-likeness (QED) is 0.843. The normalized spacial score (nSPS) is 23.2. The molecule has 0 N–H and O–H groups in total. The van der Waals surface area contributed by atoms with Crippen molar-refractivity contribution in [2.75, 3.05) is 13.7 Å². The average Bonchev–Trinajstić information content (AvgIpc) is 2.83. The molecule has 3 fully saturated rings. The Balaban J connectivity index is 1.54. The van der Waals surface area contributed by atoms with Crippen LogP contribution in [0.5, 0.6) is 5.75 Å². The van der Waals surface area contributed by atoms with Crippen LogP contribution >= 0.6 is 0 Å². The van der Waals surface area contributed by atoms with Crippen molar-refractivity contribution in [2.45, 2.75) is 63.1 Å². The van der Waals surface area contributed by atoms with Gasteiger partial charge in [0.05, 0.1) is 12.6 Å². The van der Waals surface area contributed by atoms with Gasteiger partial charge in [-0.25, -0.2) is 4.79 Å². The molecule has 0 aromatic heterocycles. The second-order valence-electron chi connectivity index (χ2n) is 7.70. The number of hydrogen-bond donors (Lipinski definition) is 0. The zero-order valence-electron chi connectivity index (χ0n) is 14.9. The monoisotopic (exact) mass is 342 g/mol. The van der Waals surface area contributed by atoms with Crippen LogP contribution in [0.3, 0.4) is 0 Å². The highest BCUT2D eigenvalue weighted by Crippen LogP contribution is 2.44. The summed E-state index contributed by atoms with van der Waals surface area (Å²) in [5.74, 6) is 1.18. The number of hydrogen-bond acceptors (Lipinski definition) is 3. The van der Waals surface area contributed by atoms with Crippen LogP contribution in [0.2, 0.25) is 0 Å². The minimum absolute atomic E-state index is 0.122. The lowest BCUT2D eigenvalue weighted by Crippen LogP contribution is -2.56. The number of carbonyl (C=O) groups is 2. The van der Waals surface area contributed by atoms with Gasteiger partial charge in [-0.05, 0) is 49.8 Å². The zero-order chi connectivity index (χ0) is 17.4. The Morgan fingerprint density at radius 2 is 1.80 bits per heavy atom. The molecule has 25 heavy (non-hydrogen) atoms. The molecule has 1 aliphatic heterocycles. The number of ether oxygens (including phenoxy) is 1. The van der Waals surface area contributed by atoms with E-state index in [0.29, 0.717) is 31.2 Å². The number of urea groups is 1. The number of carbonyl (C=O) groups excluding carboxylic acids is 2. The van der Waals surface area contributed by atoms with Crippen LogP contribution in [-0.2, 0) is 11.3 Å². The van der Waals surface area contributed by atoms with E-state index in [9.17, 15) is 9.59 Å². The van der Waals surface area contributed by atoms with Crippen molar-refractivity contribution in [3.8, 4) is 5.75 Å². The molecule has 0 radical (unpaired) electrons. The van der Waals surface area contributed by atoms with Gasteiger partial charge in [-0.1, -0.05) is 12.1 Å². The van der Waals surface area contributed by atoms with Gasteiger partial charge in [-0.2, -0.15) is 0 Å². The number of rotatable bonds is 4. The Morgan fingerprint density at radius 1 is 1.12 bits per heavy atom. The fourth-order valence-electron chi connectivity index (χ4n) is 4.51. The Labute approximate surface area is 148 Å². The van der Waals surface area contributed by atoms with Gasteiger partial charge >= 0.3 is 6.03 Å². The van der Waals surface area contributed by atoms with E-state index in [4.69, 9.17) is 4.74 Å². The van der Waals surface area contributed by atoms with Gasteiger partial charge in [0, 0.05) is 32.0 Å². The van der Waals surface area contributed by atoms with E-state index in [1.807, 2.05) is 29.2 Å². The van der Waals surface area contributed by atoms with Crippen LogP contribution in [0.4, 0.5) is 4.79 Å². The molecule has 2 saturated carbocycles. The van der Waals surface area contributed by atoms with Crippen molar-refractivity contribution in [1.29, 1.82) is 0 Å². The van der Waals surface area contributed by atoms with Crippen LogP contribution in [-0.4, -0.2) is 46.8 Å². The molecule has 134 valence electrons. The maximum atomic E-state index is 13.2. The van der Waals surface area contributed by atoms with Gasteiger partial charge < -0.3 is 14.5 Å². The standard InChI is InChI=1S/C20H26N2O3/c1-25-18-7-5-15(6-8-18)13-21-14-20(11-9-17(23)10-12-20)22(19(21)24)16-3-2-4-16/h5-8,16H,2-4,9-14H2,1H3. The van der Waals surface area contributed by atoms with Crippen LogP contribution in [0.15, 0.2) is 24.3 Å². The molecule has 3 aliphatic rings. The van der Waals surface area contributed by atoms with Crippen molar-refractivity contribution in [3.05, 3.63) is 29.8 Å². The summed E-state index contributed by atoms with van der Waals surface area (Å²) in [6, 6.07) is 8.46. The van der Waals surface area contributed by atoms with E-state index >= 15 is 0 Å². The lowest BCUT2D eigenvalue weighted by molar-refractivity contribution is -0.122. The SMILES string of the molecule is COc1ccc(CN2CC3(CCC(=O)CC3)N(C3CCC3)C2=O)cc1. The predicted molar refractivity (Wildman–Crippen MR) is 94.5 cm³/mol. The van der Waals surface area contributed by atoms with Crippen LogP contribution in [0, 0.1) is 0 Å². The fraction of sp³-hybridized carbons (Fsp3) is 0.600. The van der Waals surface area contributed by atoms with E-state index in [0.717, 1.165) is 43.5 Å². The van der Waals surface area contributed by atoms with Crippen molar-refractivity contribution in [1.82, 2.24) is 9.80 Å². The molecule has 4 rings (SSSR count). The van der Waals surface area contributed by atoms with Crippen molar-refractivity contribution in [2.24, 2.45) is 0 Å². The molecular weight excluding hydrogens is 316 g/mol. The maximum Gasteiger partial charge on any atom is 0.321 e. The van der Waals surface area contributed by atoms with Gasteiger partial charge in [0.2, 0.25) is 0 Å². The van der Waals surface area contributed by atoms with Crippen molar-refractivity contribution in [3.63, 3.8) is 0 Å². The summed E-state index contributed by atoms with van der Waals surface area (Å²) < 4.78 is 5.21. The van der Waals surface area contributed by atoms with Crippen LogP contribution in [0.1, 0.15) is 50.5 Å². The van der Waals surface area contributed by atoms with E-state index in [-0.39, 0.29) is 11.6 Å². The fourth-order valence-corrected chi connectivity index (χ4v) is 4.51. The first kappa shape index (κ1) is 16.4. The third kappa shape index (κ3) is 2.90. The number of methoxy groups -OCH3 is 1. The Morgan fingerprint density at radius 3 is 2.36 bits per heavy atom. The van der Waals surface area contributed by atoms with Gasteiger partial charge in [-0.3, -0.25) is 4.79 Å². The number of benzene rings is 1. The van der Waals surface area contributed by atoms with E-state index in [1.54, 1.807) is 7.11 Å². The Kier molecular flexibility index (Phi) is 4.18. The second-order valence-corrected chi connectivity index (χ2v) is 7.70. The first-order chi connectivity index (χ1) is 12.1. The molecule has 2 amide bonds. The van der Waals surface area contributed by atoms with E-state index in [2.05, 4.69) is 4.90 Å². The topological polar surface area (TPSA) is 49.9 Å². The number of ketones is 1. The molecule has 0 atom stereocenters. The van der Waals surface area contributed by atoms with Gasteiger partial charge in [0.1, 0.15) is 11.5 Å². The molecule has 1 spiro atoms. The summed E-state index contributed by atoms with van der Waals surface area (Å²) in [6.45, 7) is 1.38. The van der Waals surface area contributed by atoms with Crippen molar-refractivity contribution >= 4 is 11.8 Å². The highest BCUT2D eigenvalue weighted by molar-refractivity contribution is 5.82. The van der Waals surface area contributed by atoms with Gasteiger partial charge in [0.25, 0.3) is 0 Å². The summed E-state index contributed by atoms with van der Waals surface area (Å²) in [4.78, 5) is 29.1. The van der Waals surface area contributed by atoms with Crippen molar-refractivity contribution < 1.29 is 14.3 Å². The largest absolute Gasteiger partial charge is 0.497 e. The van der Waals surface area contributed by atoms with E-state index < -0.39 is 0 Å². The minimum atomic E-state index is -0.122. The average molecular weight is 342 g/mol. The molecule has 0 unspecified atom stereocenters. The second kappa shape index (κ2) is 6.36. The first-order valence-electron chi connectivity index (χ1n) is 9.34. The third-order valence-corrected chi connectivity index (χ3v) is 6.18. The highest BCUT2D eigenvalue weighted by atomic mass is 16.5. The molecule has 5 nitrogen and oxygen atoms in total. The molecule has 2 aliphatic carbocycles. The van der Waals surface area contributed by atoms with Gasteiger partial charge in [-0.15, -0.1) is 0 Å². The zero-order valence-corrected chi connectivity index (χ0v) is 14.9. The van der Waals surface area contributed by atoms with E-state index in [1.165, 1.54) is 6.42 Å². The highest BCUT2D eigenvalue weighted by Gasteiger charge is 2.53. The molecule has 5 heteroatoms. The summed E-state index contributed by atoms with van der Waals surface area (Å²) in [6.07, 6.45) is 6.32. The summed E-state index contributed by atoms with van der Waals surface area (Å²) >= 11 is 0. The van der Waals surface area contributed by atoms with Crippen LogP contribution < -0.4 is 4.74 Å². The lowest BCUT2D eigenvalue weighted by Gasteiger charge is -2.46. The van der Waals surface area contributed by atoms with Gasteiger partial charge in [0.15, 0.2) is 0 Å². The first-order valence-corrected chi connectivity index (χ1v) is 9.34. The molecule has 1 aromatic carbocycles. The molecular formula is C20H26N2O3. The Hall–Kier alpha value is -2.04. The summed E-state index contributed by atoms with van der Waals surface area (Å²) in [5.41, 5.74) is 0.995. The molecule has 1 aromatic rings. The smallest absolute Gasteiger partial charge is 0.321 e. The minimum Gasteiger partial charge on any atom is -0.497 e. The van der Waals surface area contributed by atoms with Crippen LogP contribution in [0.25, 0.3) is 0 Å². The predicted octanol–water partition coefficient (Wildman–Crippen LogP) is 3.37. The third-order valence-electron chi connectivity index (χ3n) is 6.18. The Bertz CT molecular complexity index is 656. The number of Topliss-reactive ketones (excluding diaryl/α,β-unsaturated/α-hetero) is 1. The number of nitrogens with zero attached hydrogens (tertiary/aromatic N) is 2.